The Hall–Kier alpha value is -2.24. The van der Waals surface area contributed by atoms with Crippen molar-refractivity contribution in [3.8, 4) is 5.75 Å². The highest BCUT2D eigenvalue weighted by Gasteiger charge is 2.02. The summed E-state index contributed by atoms with van der Waals surface area (Å²) in [6, 6.07) is 6.71. The quantitative estimate of drug-likeness (QED) is 0.587. The van der Waals surface area contributed by atoms with Gasteiger partial charge in [-0.15, -0.1) is 0 Å². The van der Waals surface area contributed by atoms with Crippen molar-refractivity contribution in [1.29, 1.82) is 0 Å². The van der Waals surface area contributed by atoms with Gasteiger partial charge >= 0.3 is 0 Å². The number of nitrogens with two attached hydrogens (primary N) is 2. The average molecular weight is 237 g/mol. The van der Waals surface area contributed by atoms with Crippen LogP contribution in [-0.4, -0.2) is 25.0 Å². The first kappa shape index (κ1) is 12.8. The Bertz CT molecular complexity index is 389. The fourth-order valence-corrected chi connectivity index (χ4v) is 1.09. The molecule has 2 amide bonds. The van der Waals surface area contributed by atoms with Crippen molar-refractivity contribution in [2.45, 2.75) is 6.42 Å². The molecule has 1 aromatic rings. The van der Waals surface area contributed by atoms with Crippen LogP contribution in [0.2, 0.25) is 0 Å². The minimum Gasteiger partial charge on any atom is -0.484 e. The van der Waals surface area contributed by atoms with Gasteiger partial charge in [-0.2, -0.15) is 0 Å². The van der Waals surface area contributed by atoms with Gasteiger partial charge in [-0.1, -0.05) is 0 Å². The summed E-state index contributed by atoms with van der Waals surface area (Å²) in [5, 5.41) is 2.51. The highest BCUT2D eigenvalue weighted by Crippen LogP contribution is 2.12. The summed E-state index contributed by atoms with van der Waals surface area (Å²) in [6.07, 6.45) is 0.119. The largest absolute Gasteiger partial charge is 0.484 e. The number of benzene rings is 1. The van der Waals surface area contributed by atoms with Crippen LogP contribution < -0.4 is 21.5 Å². The van der Waals surface area contributed by atoms with Gasteiger partial charge in [0.15, 0.2) is 6.61 Å². The van der Waals surface area contributed by atoms with E-state index >= 15 is 0 Å². The second kappa shape index (κ2) is 6.37. The van der Waals surface area contributed by atoms with Crippen molar-refractivity contribution in [3.63, 3.8) is 0 Å². The van der Waals surface area contributed by atoms with E-state index in [9.17, 15) is 9.59 Å². The highest BCUT2D eigenvalue weighted by molar-refractivity contribution is 5.79. The molecule has 0 saturated carbocycles. The van der Waals surface area contributed by atoms with Gasteiger partial charge in [0.25, 0.3) is 5.91 Å². The molecule has 0 bridgehead atoms. The van der Waals surface area contributed by atoms with Gasteiger partial charge in [-0.3, -0.25) is 9.59 Å². The summed E-state index contributed by atoms with van der Waals surface area (Å²) in [7, 11) is 0. The summed E-state index contributed by atoms with van der Waals surface area (Å²) >= 11 is 0. The first-order chi connectivity index (χ1) is 8.08. The Balaban J connectivity index is 2.23. The molecular formula is C11H15N3O3. The number of hydrogen-bond donors (Lipinski definition) is 3. The molecule has 1 aromatic carbocycles. The zero-order valence-corrected chi connectivity index (χ0v) is 9.31. The third-order valence-electron chi connectivity index (χ3n) is 1.94. The molecule has 6 heteroatoms. The normalized spacial score (nSPS) is 9.65. The van der Waals surface area contributed by atoms with Crippen LogP contribution in [0.25, 0.3) is 0 Å². The van der Waals surface area contributed by atoms with Crippen molar-refractivity contribution in [1.82, 2.24) is 5.32 Å². The van der Waals surface area contributed by atoms with E-state index in [0.29, 0.717) is 11.4 Å². The predicted octanol–water partition coefficient (Wildman–Crippen LogP) is -0.361. The summed E-state index contributed by atoms with van der Waals surface area (Å²) in [6.45, 7) is 0.113. The minimum atomic E-state index is -0.454. The second-order valence-corrected chi connectivity index (χ2v) is 3.42. The Labute approximate surface area is 98.9 Å². The van der Waals surface area contributed by atoms with Crippen molar-refractivity contribution in [2.24, 2.45) is 5.73 Å². The van der Waals surface area contributed by atoms with Gasteiger partial charge in [-0.25, -0.2) is 0 Å². The number of anilines is 1. The maximum absolute atomic E-state index is 11.3. The third kappa shape index (κ3) is 5.41. The van der Waals surface area contributed by atoms with Gasteiger partial charge in [0.1, 0.15) is 5.75 Å². The van der Waals surface area contributed by atoms with Crippen LogP contribution in [0.5, 0.6) is 5.75 Å². The van der Waals surface area contributed by atoms with Crippen LogP contribution in [0.3, 0.4) is 0 Å². The molecule has 0 aliphatic heterocycles. The Morgan fingerprint density at radius 1 is 1.24 bits per heavy atom. The molecule has 0 saturated heterocycles. The Morgan fingerprint density at radius 2 is 1.88 bits per heavy atom. The molecular weight excluding hydrogens is 222 g/mol. The average Bonchev–Trinajstić information content (AvgIpc) is 2.28. The van der Waals surface area contributed by atoms with E-state index in [0.717, 1.165) is 0 Å². The van der Waals surface area contributed by atoms with Gasteiger partial charge < -0.3 is 21.5 Å². The lowest BCUT2D eigenvalue weighted by atomic mass is 10.3. The van der Waals surface area contributed by atoms with Crippen LogP contribution >= 0.6 is 0 Å². The number of rotatable bonds is 6. The number of carbonyl (C=O) groups excluding carboxylic acids is 2. The monoisotopic (exact) mass is 237 g/mol. The number of nitrogen functional groups attached to an aromatic ring is 1. The summed E-state index contributed by atoms with van der Waals surface area (Å²) < 4.78 is 5.20. The number of ether oxygens (including phenoxy) is 1. The van der Waals surface area contributed by atoms with E-state index in [1.807, 2.05) is 0 Å². The topological polar surface area (TPSA) is 107 Å². The maximum Gasteiger partial charge on any atom is 0.257 e. The Morgan fingerprint density at radius 3 is 2.47 bits per heavy atom. The standard InChI is InChI=1S/C11H15N3O3/c12-8-1-3-9(4-2-8)17-7-11(16)14-6-5-10(13)15/h1-4H,5-7,12H2,(H2,13,15)(H,14,16). The summed E-state index contributed by atoms with van der Waals surface area (Å²) in [5.74, 6) is -0.197. The molecule has 0 aliphatic rings. The van der Waals surface area contributed by atoms with E-state index in [4.69, 9.17) is 16.2 Å². The second-order valence-electron chi connectivity index (χ2n) is 3.42. The van der Waals surface area contributed by atoms with Gasteiger partial charge in [0.05, 0.1) is 0 Å². The number of primary amides is 1. The van der Waals surface area contributed by atoms with Crippen LogP contribution in [0.1, 0.15) is 6.42 Å². The first-order valence-electron chi connectivity index (χ1n) is 5.11. The van der Waals surface area contributed by atoms with E-state index in [1.54, 1.807) is 24.3 Å². The molecule has 0 unspecified atom stereocenters. The van der Waals surface area contributed by atoms with Crippen LogP contribution in [0, 0.1) is 0 Å². The highest BCUT2D eigenvalue weighted by atomic mass is 16.5. The smallest absolute Gasteiger partial charge is 0.257 e. The Kier molecular flexibility index (Phi) is 4.80. The lowest BCUT2D eigenvalue weighted by molar-refractivity contribution is -0.123. The third-order valence-corrected chi connectivity index (χ3v) is 1.94. The zero-order valence-electron chi connectivity index (χ0n) is 9.31. The van der Waals surface area contributed by atoms with Crippen LogP contribution in [0.15, 0.2) is 24.3 Å². The molecule has 92 valence electrons. The number of hydrogen-bond acceptors (Lipinski definition) is 4. The number of amides is 2. The van der Waals surface area contributed by atoms with Gasteiger partial charge in [-0.05, 0) is 24.3 Å². The summed E-state index contributed by atoms with van der Waals surface area (Å²) in [4.78, 5) is 21.7. The van der Waals surface area contributed by atoms with Crippen molar-refractivity contribution in [2.75, 3.05) is 18.9 Å². The zero-order chi connectivity index (χ0) is 12.7. The molecule has 0 radical (unpaired) electrons. The fraction of sp³-hybridized carbons (Fsp3) is 0.273. The molecule has 0 spiro atoms. The molecule has 0 fully saturated rings. The minimum absolute atomic E-state index is 0.108. The first-order valence-corrected chi connectivity index (χ1v) is 5.11. The molecule has 0 heterocycles. The van der Waals surface area contributed by atoms with E-state index in [2.05, 4.69) is 5.32 Å². The van der Waals surface area contributed by atoms with Gasteiger partial charge in [0, 0.05) is 18.7 Å². The molecule has 0 atom stereocenters. The van der Waals surface area contributed by atoms with Gasteiger partial charge in [0.2, 0.25) is 5.91 Å². The molecule has 6 nitrogen and oxygen atoms in total. The number of nitrogens with one attached hydrogen (secondary N) is 1. The van der Waals surface area contributed by atoms with Crippen molar-refractivity contribution in [3.05, 3.63) is 24.3 Å². The lowest BCUT2D eigenvalue weighted by Crippen LogP contribution is -2.31. The van der Waals surface area contributed by atoms with Crippen LogP contribution in [-0.2, 0) is 9.59 Å². The lowest BCUT2D eigenvalue weighted by Gasteiger charge is -2.06. The number of carbonyl (C=O) groups is 2. The molecule has 0 aliphatic carbocycles. The van der Waals surface area contributed by atoms with E-state index in [-0.39, 0.29) is 25.5 Å². The molecule has 17 heavy (non-hydrogen) atoms. The summed E-state index contributed by atoms with van der Waals surface area (Å²) in [5.41, 5.74) is 11.1. The molecule has 5 N–H and O–H groups in total. The van der Waals surface area contributed by atoms with E-state index < -0.39 is 5.91 Å². The van der Waals surface area contributed by atoms with E-state index in [1.165, 1.54) is 0 Å². The van der Waals surface area contributed by atoms with Crippen LogP contribution in [0.4, 0.5) is 5.69 Å². The molecule has 0 aromatic heterocycles. The SMILES string of the molecule is NC(=O)CCNC(=O)COc1ccc(N)cc1. The predicted molar refractivity (Wildman–Crippen MR) is 63.2 cm³/mol. The van der Waals surface area contributed by atoms with Crippen molar-refractivity contribution < 1.29 is 14.3 Å². The fourth-order valence-electron chi connectivity index (χ4n) is 1.09. The maximum atomic E-state index is 11.3. The molecule has 1 rings (SSSR count). The van der Waals surface area contributed by atoms with Crippen molar-refractivity contribution >= 4 is 17.5 Å².